The van der Waals surface area contributed by atoms with Crippen LogP contribution in [0, 0.1) is 23.2 Å². The third-order valence-electron chi connectivity index (χ3n) is 13.7. The Morgan fingerprint density at radius 3 is 2.41 bits per heavy atom. The molecule has 5 heterocycles. The summed E-state index contributed by atoms with van der Waals surface area (Å²) in [5.74, 6) is 3.68. The van der Waals surface area contributed by atoms with Crippen LogP contribution in [0.1, 0.15) is 110 Å². The molecule has 0 bridgehead atoms. The number of carbonyl (C=O) groups is 5. The average molecular weight is 994 g/mol. The van der Waals surface area contributed by atoms with Crippen LogP contribution in [0.15, 0.2) is 41.9 Å². The number of aromatic nitrogens is 3. The fourth-order valence-corrected chi connectivity index (χ4v) is 10.1. The first-order chi connectivity index (χ1) is 33.7. The molecular formula is C54H75N9O7S. The second kappa shape index (κ2) is 23.7. The van der Waals surface area contributed by atoms with E-state index >= 15 is 0 Å². The van der Waals surface area contributed by atoms with Gasteiger partial charge in [-0.2, -0.15) is 0 Å². The summed E-state index contributed by atoms with van der Waals surface area (Å²) in [7, 11) is 5.47. The summed E-state index contributed by atoms with van der Waals surface area (Å²) in [6.07, 6.45) is 5.22. The first-order valence-corrected chi connectivity index (χ1v) is 25.9. The minimum Gasteiger partial charge on any atom is -0.465 e. The summed E-state index contributed by atoms with van der Waals surface area (Å²) in [6, 6.07) is 8.50. The van der Waals surface area contributed by atoms with E-state index in [9.17, 15) is 24.0 Å². The zero-order chi connectivity index (χ0) is 51.8. The Hall–Kier alpha value is -5.67. The van der Waals surface area contributed by atoms with Gasteiger partial charge in [-0.25, -0.2) is 10.4 Å². The highest BCUT2D eigenvalue weighted by Crippen LogP contribution is 2.42. The number of nitrogens with one attached hydrogen (secondary N) is 2. The van der Waals surface area contributed by atoms with Crippen molar-refractivity contribution in [2.24, 2.45) is 11.3 Å². The molecule has 3 atom stereocenters. The highest BCUT2D eigenvalue weighted by atomic mass is 32.1. The van der Waals surface area contributed by atoms with Crippen LogP contribution < -0.4 is 10.7 Å². The number of rotatable bonds is 17. The molecule has 3 aromatic heterocycles. The number of hydrogen-bond donors (Lipinski definition) is 2. The lowest BCUT2D eigenvalue weighted by Gasteiger charge is -2.37. The van der Waals surface area contributed by atoms with Crippen LogP contribution in [0.3, 0.4) is 0 Å². The SMILES string of the molecule is CCn1c(-c2cccnc2[C@H](C)OC)c(CC(C)(C)COC(C)=O)c2cc(-c3csc(C[C@H](NC(=O)[C@H](C(C)C)N4CCCCN(C(=O)C#CC(C)(C)N(C)C)CC4=O)C(=O)N4CCCCN4)n3)ccc21. The maximum absolute atomic E-state index is 14.6. The molecule has 4 amide bonds. The monoisotopic (exact) mass is 994 g/mol. The van der Waals surface area contributed by atoms with Gasteiger partial charge in [-0.15, -0.1) is 11.3 Å². The zero-order valence-electron chi connectivity index (χ0n) is 43.9. The summed E-state index contributed by atoms with van der Waals surface area (Å²) in [5, 5.41) is 8.36. The number of pyridine rings is 1. The highest BCUT2D eigenvalue weighted by Gasteiger charge is 2.38. The predicted molar refractivity (Wildman–Crippen MR) is 278 cm³/mol. The summed E-state index contributed by atoms with van der Waals surface area (Å²) in [5.41, 5.74) is 8.82. The fraction of sp³-hybridized carbons (Fsp3) is 0.574. The van der Waals surface area contributed by atoms with E-state index in [1.807, 2.05) is 65.1 Å². The molecule has 16 nitrogen and oxygen atoms in total. The highest BCUT2D eigenvalue weighted by molar-refractivity contribution is 7.10. The number of methoxy groups -OCH3 is 1. The van der Waals surface area contributed by atoms with Crippen molar-refractivity contribution in [1.82, 2.24) is 45.0 Å². The Morgan fingerprint density at radius 1 is 1.01 bits per heavy atom. The number of amides is 4. The number of ether oxygens (including phenoxy) is 2. The quantitative estimate of drug-likeness (QED) is 0.0857. The topological polar surface area (TPSA) is 172 Å². The molecule has 6 rings (SSSR count). The predicted octanol–water partition coefficient (Wildman–Crippen LogP) is 6.66. The van der Waals surface area contributed by atoms with Crippen molar-refractivity contribution in [2.75, 3.05) is 60.5 Å². The lowest BCUT2D eigenvalue weighted by molar-refractivity contribution is -0.147. The fourth-order valence-electron chi connectivity index (χ4n) is 9.22. The van der Waals surface area contributed by atoms with E-state index < -0.39 is 34.9 Å². The number of benzene rings is 1. The maximum Gasteiger partial charge on any atom is 0.302 e. The summed E-state index contributed by atoms with van der Waals surface area (Å²) >= 11 is 1.42. The van der Waals surface area contributed by atoms with Gasteiger partial charge < -0.3 is 29.2 Å². The molecule has 0 spiro atoms. The molecule has 384 valence electrons. The molecule has 17 heteroatoms. The van der Waals surface area contributed by atoms with Gasteiger partial charge in [0, 0.05) is 92.2 Å². The number of thiazole rings is 1. The van der Waals surface area contributed by atoms with E-state index in [4.69, 9.17) is 19.4 Å². The third kappa shape index (κ3) is 13.3. The molecular weight excluding hydrogens is 919 g/mol. The van der Waals surface area contributed by atoms with Crippen molar-refractivity contribution in [3.63, 3.8) is 0 Å². The Kier molecular flexibility index (Phi) is 18.2. The van der Waals surface area contributed by atoms with E-state index in [1.54, 1.807) is 23.2 Å². The largest absolute Gasteiger partial charge is 0.465 e. The third-order valence-corrected chi connectivity index (χ3v) is 14.6. The lowest BCUT2D eigenvalue weighted by Crippen LogP contribution is -2.61. The molecule has 0 unspecified atom stereocenters. The molecule has 1 aromatic carbocycles. The van der Waals surface area contributed by atoms with Crippen molar-refractivity contribution in [3.05, 3.63) is 58.2 Å². The van der Waals surface area contributed by atoms with Gasteiger partial charge >= 0.3 is 5.97 Å². The number of hydrazine groups is 1. The number of aryl methyl sites for hydroxylation is 1. The molecule has 4 aromatic rings. The van der Waals surface area contributed by atoms with Gasteiger partial charge in [0.05, 0.1) is 40.3 Å². The van der Waals surface area contributed by atoms with Crippen molar-refractivity contribution < 1.29 is 33.4 Å². The van der Waals surface area contributed by atoms with Crippen LogP contribution in [-0.2, 0) is 52.8 Å². The number of hydrogen-bond acceptors (Lipinski definition) is 12. The summed E-state index contributed by atoms with van der Waals surface area (Å²) < 4.78 is 13.7. The zero-order valence-corrected chi connectivity index (χ0v) is 44.8. The van der Waals surface area contributed by atoms with Crippen LogP contribution in [0.25, 0.3) is 33.4 Å². The molecule has 2 fully saturated rings. The Morgan fingerprint density at radius 2 is 1.75 bits per heavy atom. The Bertz CT molecular complexity index is 2620. The molecule has 0 aliphatic carbocycles. The second-order valence-corrected chi connectivity index (χ2v) is 21.6. The number of carbonyl (C=O) groups excluding carboxylic acids is 5. The molecule has 2 aliphatic heterocycles. The van der Waals surface area contributed by atoms with Crippen LogP contribution in [0.4, 0.5) is 0 Å². The normalized spacial score (nSPS) is 16.3. The van der Waals surface area contributed by atoms with E-state index in [-0.39, 0.29) is 49.4 Å². The average Bonchev–Trinajstić information content (AvgIpc) is 3.93. The second-order valence-electron chi connectivity index (χ2n) is 20.6. The standard InChI is InChI=1S/C54H75N9O7S/c1-13-61-44-21-20-38(29-40(44)41(31-53(6,7)34-70-37(5)64)50(61)39-19-18-24-55-48(39)36(4)69-12)43-33-71-45(57-43)30-42(52(68)63-28-15-14-25-56-63)58-51(67)49(35(2)3)62-27-17-16-26-60(32-47(62)66)46(65)22-23-54(8,9)59(10)11/h18-21,24,29,33,35-36,42,49,56H,13-17,25-28,30-32,34H2,1-12H3,(H,58,67)/t36-,42-,49-/m0/s1. The van der Waals surface area contributed by atoms with Crippen LogP contribution in [0.5, 0.6) is 0 Å². The van der Waals surface area contributed by atoms with Crippen LogP contribution in [-0.4, -0.2) is 142 Å². The minimum atomic E-state index is -0.982. The van der Waals surface area contributed by atoms with E-state index in [0.717, 1.165) is 57.5 Å². The van der Waals surface area contributed by atoms with Crippen LogP contribution >= 0.6 is 11.3 Å². The van der Waals surface area contributed by atoms with Gasteiger partial charge in [-0.3, -0.25) is 38.9 Å². The number of esters is 1. The van der Waals surface area contributed by atoms with Gasteiger partial charge in [0.15, 0.2) is 0 Å². The van der Waals surface area contributed by atoms with Crippen molar-refractivity contribution in [3.8, 4) is 34.4 Å². The van der Waals surface area contributed by atoms with Gasteiger partial charge in [0.25, 0.3) is 11.8 Å². The molecule has 2 aliphatic rings. The van der Waals surface area contributed by atoms with Gasteiger partial charge in [-0.05, 0) is 116 Å². The molecule has 0 saturated carbocycles. The summed E-state index contributed by atoms with van der Waals surface area (Å²) in [4.78, 5) is 83.4. The van der Waals surface area contributed by atoms with Gasteiger partial charge in [-0.1, -0.05) is 39.7 Å². The van der Waals surface area contributed by atoms with E-state index in [1.165, 1.54) is 23.2 Å². The lowest BCUT2D eigenvalue weighted by atomic mass is 9.84. The minimum absolute atomic E-state index is 0.131. The van der Waals surface area contributed by atoms with Crippen molar-refractivity contribution in [2.45, 2.75) is 131 Å². The molecule has 71 heavy (non-hydrogen) atoms. The molecule has 2 saturated heterocycles. The molecule has 2 N–H and O–H groups in total. The first kappa shape index (κ1) is 54.7. The summed E-state index contributed by atoms with van der Waals surface area (Å²) in [6.45, 7) is 20.0. The Balaban J connectivity index is 1.32. The smallest absolute Gasteiger partial charge is 0.302 e. The van der Waals surface area contributed by atoms with Gasteiger partial charge in [0.1, 0.15) is 18.6 Å². The van der Waals surface area contributed by atoms with Gasteiger partial charge in [0.2, 0.25) is 11.8 Å². The Labute approximate surface area is 424 Å². The maximum atomic E-state index is 14.6. The van der Waals surface area contributed by atoms with Crippen molar-refractivity contribution in [1.29, 1.82) is 0 Å². The first-order valence-electron chi connectivity index (χ1n) is 25.0. The van der Waals surface area contributed by atoms with E-state index in [2.05, 4.69) is 72.2 Å². The number of nitrogens with zero attached hydrogens (tertiary/aromatic N) is 7. The van der Waals surface area contributed by atoms with Crippen molar-refractivity contribution >= 4 is 51.8 Å². The van der Waals surface area contributed by atoms with Crippen LogP contribution in [0.2, 0.25) is 0 Å². The van der Waals surface area contributed by atoms with E-state index in [0.29, 0.717) is 57.0 Å². The number of fused-ring (bicyclic) bond motifs is 1. The molecule has 0 radical (unpaired) electrons.